The fourth-order valence-electron chi connectivity index (χ4n) is 5.01. The zero-order valence-corrected chi connectivity index (χ0v) is 16.5. The third-order valence-corrected chi connectivity index (χ3v) is 6.55. The molecule has 3 aliphatic rings. The third-order valence-electron chi connectivity index (χ3n) is 6.55. The Morgan fingerprint density at radius 2 is 1.44 bits per heavy atom. The summed E-state index contributed by atoms with van der Waals surface area (Å²) >= 11 is 0. The summed E-state index contributed by atoms with van der Waals surface area (Å²) in [6.45, 7) is 6.51. The molecule has 3 aliphatic carbocycles. The molecule has 2 N–H and O–H groups in total. The smallest absolute Gasteiger partial charge is 0.248 e. The number of amides is 1. The van der Waals surface area contributed by atoms with E-state index in [1.54, 1.807) is 0 Å². The van der Waals surface area contributed by atoms with Gasteiger partial charge in [-0.25, -0.2) is 0 Å². The standard InChI is InChI=1S/C22H38N2O/c1-22(2)13-19(21(25)24-16-18-11-7-4-8-12-18)20(14-22)23-15-17-9-5-3-6-10-17/h17-18,23H,3-16H2,1-2H3,(H,24,25). The number of rotatable bonds is 6. The van der Waals surface area contributed by atoms with Gasteiger partial charge in [-0.05, 0) is 55.8 Å². The Kier molecular flexibility index (Phi) is 6.46. The lowest BCUT2D eigenvalue weighted by molar-refractivity contribution is -0.118. The summed E-state index contributed by atoms with van der Waals surface area (Å²) in [7, 11) is 0. The fraction of sp³-hybridized carbons (Fsp3) is 0.864. The quantitative estimate of drug-likeness (QED) is 0.716. The molecule has 1 amide bonds. The third kappa shape index (κ3) is 5.49. The zero-order chi connectivity index (χ0) is 17.7. The highest BCUT2D eigenvalue weighted by atomic mass is 16.1. The Morgan fingerprint density at radius 1 is 0.880 bits per heavy atom. The molecule has 0 aliphatic heterocycles. The summed E-state index contributed by atoms with van der Waals surface area (Å²) in [5.41, 5.74) is 2.49. The second-order valence-electron chi connectivity index (χ2n) is 9.57. The molecule has 0 atom stereocenters. The van der Waals surface area contributed by atoms with Crippen LogP contribution in [0.2, 0.25) is 0 Å². The van der Waals surface area contributed by atoms with Gasteiger partial charge in [-0.1, -0.05) is 52.4 Å². The van der Waals surface area contributed by atoms with E-state index in [1.165, 1.54) is 69.9 Å². The van der Waals surface area contributed by atoms with Crippen molar-refractivity contribution in [1.82, 2.24) is 10.6 Å². The molecule has 0 aromatic carbocycles. The van der Waals surface area contributed by atoms with Gasteiger partial charge in [-0.2, -0.15) is 0 Å². The number of hydrogen-bond donors (Lipinski definition) is 2. The highest BCUT2D eigenvalue weighted by molar-refractivity contribution is 5.94. The van der Waals surface area contributed by atoms with Gasteiger partial charge in [0.05, 0.1) is 0 Å². The summed E-state index contributed by atoms with van der Waals surface area (Å²) in [4.78, 5) is 12.8. The first-order chi connectivity index (χ1) is 12.0. The summed E-state index contributed by atoms with van der Waals surface area (Å²) in [5, 5.41) is 6.96. The van der Waals surface area contributed by atoms with Crippen LogP contribution in [0.5, 0.6) is 0 Å². The van der Waals surface area contributed by atoms with Crippen LogP contribution in [0.15, 0.2) is 11.3 Å². The second-order valence-corrected chi connectivity index (χ2v) is 9.57. The van der Waals surface area contributed by atoms with Crippen molar-refractivity contribution in [2.45, 2.75) is 90.9 Å². The van der Waals surface area contributed by atoms with Gasteiger partial charge in [0, 0.05) is 24.4 Å². The van der Waals surface area contributed by atoms with E-state index in [0.29, 0.717) is 5.92 Å². The molecule has 3 heteroatoms. The van der Waals surface area contributed by atoms with E-state index in [4.69, 9.17) is 0 Å². The average Bonchev–Trinajstić information content (AvgIpc) is 2.94. The van der Waals surface area contributed by atoms with Crippen molar-refractivity contribution in [2.75, 3.05) is 13.1 Å². The molecule has 0 unspecified atom stereocenters. The Balaban J connectivity index is 1.54. The lowest BCUT2D eigenvalue weighted by Crippen LogP contribution is -2.33. The molecule has 2 saturated carbocycles. The maximum absolute atomic E-state index is 12.8. The topological polar surface area (TPSA) is 41.1 Å². The maximum Gasteiger partial charge on any atom is 0.248 e. The molecule has 0 aromatic rings. The SMILES string of the molecule is CC1(C)CC(NCC2CCCCC2)=C(C(=O)NCC2CCCCC2)C1. The zero-order valence-electron chi connectivity index (χ0n) is 16.5. The second kappa shape index (κ2) is 8.60. The molecular formula is C22H38N2O. The van der Waals surface area contributed by atoms with Crippen LogP contribution in [0.3, 0.4) is 0 Å². The highest BCUT2D eigenvalue weighted by Gasteiger charge is 2.34. The monoisotopic (exact) mass is 346 g/mol. The van der Waals surface area contributed by atoms with Crippen molar-refractivity contribution in [2.24, 2.45) is 17.3 Å². The molecule has 0 radical (unpaired) electrons. The first-order valence-electron chi connectivity index (χ1n) is 10.8. The first-order valence-corrected chi connectivity index (χ1v) is 10.8. The van der Waals surface area contributed by atoms with Crippen LogP contribution in [0.25, 0.3) is 0 Å². The van der Waals surface area contributed by atoms with Gasteiger partial charge >= 0.3 is 0 Å². The van der Waals surface area contributed by atoms with Gasteiger partial charge in [0.2, 0.25) is 5.91 Å². The maximum atomic E-state index is 12.8. The van der Waals surface area contributed by atoms with Gasteiger partial charge in [-0.3, -0.25) is 4.79 Å². The fourth-order valence-corrected chi connectivity index (χ4v) is 5.01. The minimum absolute atomic E-state index is 0.197. The van der Waals surface area contributed by atoms with Crippen molar-refractivity contribution < 1.29 is 4.79 Å². The Morgan fingerprint density at radius 3 is 2.04 bits per heavy atom. The average molecular weight is 347 g/mol. The Bertz CT molecular complexity index is 482. The van der Waals surface area contributed by atoms with Crippen molar-refractivity contribution in [1.29, 1.82) is 0 Å². The van der Waals surface area contributed by atoms with Crippen LogP contribution in [0.1, 0.15) is 90.9 Å². The summed E-state index contributed by atoms with van der Waals surface area (Å²) in [5.74, 6) is 1.70. The van der Waals surface area contributed by atoms with E-state index < -0.39 is 0 Å². The molecule has 0 spiro atoms. The minimum Gasteiger partial charge on any atom is -0.388 e. The van der Waals surface area contributed by atoms with E-state index in [2.05, 4.69) is 24.5 Å². The number of carbonyl (C=O) groups is 1. The molecule has 25 heavy (non-hydrogen) atoms. The van der Waals surface area contributed by atoms with E-state index in [9.17, 15) is 4.79 Å². The highest BCUT2D eigenvalue weighted by Crippen LogP contribution is 2.40. The van der Waals surface area contributed by atoms with Gasteiger partial charge < -0.3 is 10.6 Å². The molecule has 0 bridgehead atoms. The van der Waals surface area contributed by atoms with Crippen molar-refractivity contribution >= 4 is 5.91 Å². The van der Waals surface area contributed by atoms with Crippen molar-refractivity contribution in [3.63, 3.8) is 0 Å². The number of hydrogen-bond acceptors (Lipinski definition) is 2. The van der Waals surface area contributed by atoms with Crippen LogP contribution in [-0.2, 0) is 4.79 Å². The van der Waals surface area contributed by atoms with Gasteiger partial charge in [0.1, 0.15) is 0 Å². The van der Waals surface area contributed by atoms with Crippen LogP contribution in [-0.4, -0.2) is 19.0 Å². The summed E-state index contributed by atoms with van der Waals surface area (Å²) < 4.78 is 0. The van der Waals surface area contributed by atoms with Gasteiger partial charge in [-0.15, -0.1) is 0 Å². The normalized spacial score (nSPS) is 25.2. The summed E-state index contributed by atoms with van der Waals surface area (Å²) in [6.07, 6.45) is 15.4. The van der Waals surface area contributed by atoms with E-state index >= 15 is 0 Å². The minimum atomic E-state index is 0.197. The lowest BCUT2D eigenvalue weighted by Gasteiger charge is -2.24. The Labute approximate surface area is 154 Å². The Hall–Kier alpha value is -0.990. The molecule has 142 valence electrons. The number of nitrogens with one attached hydrogen (secondary N) is 2. The predicted molar refractivity (Wildman–Crippen MR) is 104 cm³/mol. The molecule has 0 heterocycles. The van der Waals surface area contributed by atoms with Crippen LogP contribution in [0, 0.1) is 17.3 Å². The van der Waals surface area contributed by atoms with E-state index in [1.807, 2.05) is 0 Å². The molecule has 2 fully saturated rings. The number of allylic oxidation sites excluding steroid dienone is 1. The summed E-state index contributed by atoms with van der Waals surface area (Å²) in [6, 6.07) is 0. The molecule has 3 nitrogen and oxygen atoms in total. The van der Waals surface area contributed by atoms with Gasteiger partial charge in [0.15, 0.2) is 0 Å². The van der Waals surface area contributed by atoms with Crippen molar-refractivity contribution in [3.8, 4) is 0 Å². The van der Waals surface area contributed by atoms with Crippen LogP contribution < -0.4 is 10.6 Å². The molecular weight excluding hydrogens is 308 g/mol. The van der Waals surface area contributed by atoms with E-state index in [-0.39, 0.29) is 11.3 Å². The van der Waals surface area contributed by atoms with E-state index in [0.717, 1.165) is 37.4 Å². The largest absolute Gasteiger partial charge is 0.388 e. The van der Waals surface area contributed by atoms with Gasteiger partial charge in [0.25, 0.3) is 0 Å². The predicted octanol–water partition coefficient (Wildman–Crippen LogP) is 4.93. The molecule has 0 saturated heterocycles. The molecule has 0 aromatic heterocycles. The van der Waals surface area contributed by atoms with Crippen molar-refractivity contribution in [3.05, 3.63) is 11.3 Å². The molecule has 3 rings (SSSR count). The lowest BCUT2D eigenvalue weighted by atomic mass is 9.88. The number of carbonyl (C=O) groups excluding carboxylic acids is 1. The van der Waals surface area contributed by atoms with Crippen LogP contribution in [0.4, 0.5) is 0 Å². The first kappa shape index (κ1) is 18.8. The van der Waals surface area contributed by atoms with Crippen LogP contribution >= 0.6 is 0 Å².